The highest BCUT2D eigenvalue weighted by molar-refractivity contribution is 6.09. The van der Waals surface area contributed by atoms with Gasteiger partial charge in [-0.3, -0.25) is 14.9 Å². The minimum absolute atomic E-state index is 0.0216. The molecule has 0 spiro atoms. The molecule has 0 atom stereocenters. The monoisotopic (exact) mass is 288 g/mol. The van der Waals surface area contributed by atoms with E-state index < -0.39 is 10.8 Å². The van der Waals surface area contributed by atoms with Crippen molar-refractivity contribution < 1.29 is 14.9 Å². The Morgan fingerprint density at radius 3 is 2.43 bits per heavy atom. The first-order valence-corrected chi connectivity index (χ1v) is 5.63. The van der Waals surface area contributed by atoms with Crippen LogP contribution in [0.4, 0.5) is 5.69 Å². The first-order chi connectivity index (χ1) is 9.99. The Morgan fingerprint density at radius 1 is 1.38 bits per heavy atom. The second-order valence-corrected chi connectivity index (χ2v) is 3.69. The Morgan fingerprint density at radius 2 is 2.00 bits per heavy atom. The maximum atomic E-state index is 10.9. The van der Waals surface area contributed by atoms with E-state index in [1.54, 1.807) is 0 Å². The van der Waals surface area contributed by atoms with Crippen molar-refractivity contribution in [3.63, 3.8) is 0 Å². The van der Waals surface area contributed by atoms with Crippen LogP contribution >= 0.6 is 0 Å². The average Bonchev–Trinajstić information content (AvgIpc) is 2.46. The molecule has 21 heavy (non-hydrogen) atoms. The van der Waals surface area contributed by atoms with Crippen molar-refractivity contribution in [3.05, 3.63) is 64.4 Å². The second-order valence-electron chi connectivity index (χ2n) is 3.69. The number of allylic oxidation sites excluding steroid dienone is 2. The van der Waals surface area contributed by atoms with Gasteiger partial charge in [-0.25, -0.2) is 4.99 Å². The summed E-state index contributed by atoms with van der Waals surface area (Å²) in [5.41, 5.74) is 5.37. The fourth-order valence-corrected chi connectivity index (χ4v) is 1.39. The number of aliphatic imine (C=N–C) groups is 1. The molecule has 0 radical (unpaired) electrons. The highest BCUT2D eigenvalue weighted by Gasteiger charge is 2.16. The van der Waals surface area contributed by atoms with Gasteiger partial charge in [-0.2, -0.15) is 0 Å². The van der Waals surface area contributed by atoms with Crippen molar-refractivity contribution in [3.8, 4) is 0 Å². The molecule has 8 heteroatoms. The molecule has 3 N–H and O–H groups in total. The van der Waals surface area contributed by atoms with Crippen molar-refractivity contribution in [1.29, 1.82) is 0 Å². The zero-order valence-corrected chi connectivity index (χ0v) is 10.8. The largest absolute Gasteiger partial charge is 0.411 e. The molecular formula is C13H12N4O4. The number of hydrogen-bond donors (Lipinski definition) is 2. The van der Waals surface area contributed by atoms with Gasteiger partial charge in [0.15, 0.2) is 0 Å². The van der Waals surface area contributed by atoms with E-state index in [9.17, 15) is 14.9 Å². The van der Waals surface area contributed by atoms with Crippen LogP contribution in [0.2, 0.25) is 0 Å². The van der Waals surface area contributed by atoms with Crippen LogP contribution in [0.5, 0.6) is 0 Å². The first kappa shape index (κ1) is 15.8. The lowest BCUT2D eigenvalue weighted by Gasteiger charge is -2.00. The van der Waals surface area contributed by atoms with Crippen molar-refractivity contribution in [2.75, 3.05) is 0 Å². The summed E-state index contributed by atoms with van der Waals surface area (Å²) in [5.74, 6) is -0.584. The van der Waals surface area contributed by atoms with E-state index in [2.05, 4.69) is 16.7 Å². The quantitative estimate of drug-likeness (QED) is 0.356. The third-order valence-corrected chi connectivity index (χ3v) is 2.35. The smallest absolute Gasteiger partial charge is 0.296 e. The number of hydrogen-bond acceptors (Lipinski definition) is 6. The molecule has 1 aromatic rings. The molecule has 0 saturated carbocycles. The van der Waals surface area contributed by atoms with E-state index in [0.29, 0.717) is 11.3 Å². The number of primary amides is 1. The fourth-order valence-electron chi connectivity index (χ4n) is 1.39. The van der Waals surface area contributed by atoms with E-state index in [0.717, 1.165) is 12.3 Å². The maximum Gasteiger partial charge on any atom is 0.296 e. The number of carbonyl (C=O) groups is 1. The topological polar surface area (TPSA) is 131 Å². The number of carbonyl (C=O) groups excluding carboxylic acids is 1. The van der Waals surface area contributed by atoms with Crippen LogP contribution in [0.1, 0.15) is 10.4 Å². The van der Waals surface area contributed by atoms with Gasteiger partial charge in [0.25, 0.3) is 5.70 Å². The molecular weight excluding hydrogens is 276 g/mol. The fraction of sp³-hybridized carbons (Fsp3) is 0. The highest BCUT2D eigenvalue weighted by Crippen LogP contribution is 2.15. The summed E-state index contributed by atoms with van der Waals surface area (Å²) in [5, 5.41) is 21.9. The van der Waals surface area contributed by atoms with Gasteiger partial charge in [0.1, 0.15) is 5.71 Å². The Hall–Kier alpha value is -3.29. The van der Waals surface area contributed by atoms with E-state index in [4.69, 9.17) is 10.9 Å². The van der Waals surface area contributed by atoms with Crippen molar-refractivity contribution in [1.82, 2.24) is 0 Å². The number of benzene rings is 1. The van der Waals surface area contributed by atoms with Crippen LogP contribution < -0.4 is 5.73 Å². The van der Waals surface area contributed by atoms with Crippen LogP contribution in [0.3, 0.4) is 0 Å². The molecule has 0 aliphatic carbocycles. The van der Waals surface area contributed by atoms with Crippen molar-refractivity contribution in [2.45, 2.75) is 0 Å². The third-order valence-electron chi connectivity index (χ3n) is 2.35. The van der Waals surface area contributed by atoms with E-state index >= 15 is 0 Å². The standard InChI is InChI=1S/C13H12N4O4/c1-2-11(12(17(20)21)7-8-15-19)16-10-5-3-9(4-6-10)13(14)18/h2-8,19H,1H2,(H2,14,18). The van der Waals surface area contributed by atoms with E-state index in [-0.39, 0.29) is 11.4 Å². The number of rotatable bonds is 6. The maximum absolute atomic E-state index is 10.9. The summed E-state index contributed by atoms with van der Waals surface area (Å²) in [4.78, 5) is 25.2. The van der Waals surface area contributed by atoms with Crippen LogP contribution in [-0.2, 0) is 0 Å². The van der Waals surface area contributed by atoms with Crippen LogP contribution in [0.15, 0.2) is 58.8 Å². The molecule has 1 rings (SSSR count). The second kappa shape index (κ2) is 7.34. The zero-order chi connectivity index (χ0) is 15.8. The van der Waals surface area contributed by atoms with Gasteiger partial charge in [0, 0.05) is 11.6 Å². The summed E-state index contributed by atoms with van der Waals surface area (Å²) < 4.78 is 0. The first-order valence-electron chi connectivity index (χ1n) is 5.63. The number of nitrogens with zero attached hydrogens (tertiary/aromatic N) is 3. The Balaban J connectivity index is 3.21. The summed E-state index contributed by atoms with van der Waals surface area (Å²) in [6.45, 7) is 3.46. The molecule has 0 fully saturated rings. The summed E-state index contributed by atoms with van der Waals surface area (Å²) in [6, 6.07) is 5.88. The molecule has 1 amide bonds. The van der Waals surface area contributed by atoms with Crippen LogP contribution in [0, 0.1) is 10.1 Å². The molecule has 1 aromatic carbocycles. The summed E-state index contributed by atoms with van der Waals surface area (Å²) in [6.07, 6.45) is 3.04. The number of nitro groups is 1. The molecule has 108 valence electrons. The number of oxime groups is 1. The SMILES string of the molecule is C=CC(=Nc1ccc(C(N)=O)cc1)C(=CC=NO)[N+](=O)[O-]. The van der Waals surface area contributed by atoms with Gasteiger partial charge in [0.05, 0.1) is 16.8 Å². The van der Waals surface area contributed by atoms with E-state index in [1.165, 1.54) is 30.3 Å². The van der Waals surface area contributed by atoms with Crippen LogP contribution in [-0.4, -0.2) is 28.0 Å². The molecule has 0 unspecified atom stereocenters. The molecule has 0 aliphatic heterocycles. The minimum atomic E-state index is -0.681. The molecule has 8 nitrogen and oxygen atoms in total. The average molecular weight is 288 g/mol. The lowest BCUT2D eigenvalue weighted by Crippen LogP contribution is -2.10. The van der Waals surface area contributed by atoms with Crippen LogP contribution in [0.25, 0.3) is 0 Å². The van der Waals surface area contributed by atoms with Gasteiger partial charge in [-0.05, 0) is 30.3 Å². The van der Waals surface area contributed by atoms with Gasteiger partial charge >= 0.3 is 0 Å². The predicted octanol–water partition coefficient (Wildman–Crippen LogP) is 1.66. The Bertz CT molecular complexity index is 645. The lowest BCUT2D eigenvalue weighted by molar-refractivity contribution is -0.414. The normalized spacial score (nSPS) is 12.4. The number of nitrogens with two attached hydrogens (primary N) is 1. The molecule has 0 heterocycles. The van der Waals surface area contributed by atoms with Gasteiger partial charge < -0.3 is 10.9 Å². The molecule has 0 saturated heterocycles. The zero-order valence-electron chi connectivity index (χ0n) is 10.8. The van der Waals surface area contributed by atoms with Crippen molar-refractivity contribution >= 4 is 23.5 Å². The molecule has 0 bridgehead atoms. The highest BCUT2D eigenvalue weighted by atomic mass is 16.6. The predicted molar refractivity (Wildman–Crippen MR) is 77.6 cm³/mol. The van der Waals surface area contributed by atoms with Gasteiger partial charge in [-0.15, -0.1) is 0 Å². The summed E-state index contributed by atoms with van der Waals surface area (Å²) >= 11 is 0. The Kier molecular flexibility index (Phi) is 5.51. The van der Waals surface area contributed by atoms with Gasteiger partial charge in [-0.1, -0.05) is 11.7 Å². The minimum Gasteiger partial charge on any atom is -0.411 e. The van der Waals surface area contributed by atoms with E-state index in [1.807, 2.05) is 0 Å². The lowest BCUT2D eigenvalue weighted by atomic mass is 10.2. The summed E-state index contributed by atoms with van der Waals surface area (Å²) in [7, 11) is 0. The third kappa shape index (κ3) is 4.39. The Labute approximate surface area is 119 Å². The van der Waals surface area contributed by atoms with Crippen molar-refractivity contribution in [2.24, 2.45) is 15.9 Å². The molecule has 0 aliphatic rings. The number of amides is 1. The molecule has 0 aromatic heterocycles. The van der Waals surface area contributed by atoms with Gasteiger partial charge in [0.2, 0.25) is 5.91 Å².